The fraction of sp³-hybridized carbons (Fsp3) is 0.267. The number of nitrogens with one attached hydrogen (secondary N) is 1. The molecule has 3 N–H and O–H groups in total. The Hall–Kier alpha value is -2.07. The molecular formula is C15H19N3O. The summed E-state index contributed by atoms with van der Waals surface area (Å²) in [5, 5.41) is 3.25. The second-order valence-corrected chi connectivity index (χ2v) is 4.32. The topological polar surface area (TPSA) is 60.2 Å². The Morgan fingerprint density at radius 3 is 2.63 bits per heavy atom. The highest BCUT2D eigenvalue weighted by atomic mass is 16.5. The van der Waals surface area contributed by atoms with Crippen molar-refractivity contribution in [3.63, 3.8) is 0 Å². The van der Waals surface area contributed by atoms with Gasteiger partial charge in [0.25, 0.3) is 0 Å². The average molecular weight is 257 g/mol. The highest BCUT2D eigenvalue weighted by Gasteiger charge is 2.04. The minimum Gasteiger partial charge on any atom is -0.495 e. The molecule has 0 radical (unpaired) electrons. The van der Waals surface area contributed by atoms with Crippen LogP contribution in [0.5, 0.6) is 5.75 Å². The average Bonchev–Trinajstić information content (AvgIpc) is 2.49. The van der Waals surface area contributed by atoms with Gasteiger partial charge in [-0.05, 0) is 24.1 Å². The zero-order chi connectivity index (χ0) is 13.5. The Morgan fingerprint density at radius 1 is 1.21 bits per heavy atom. The minimum atomic E-state index is 0.0481. The van der Waals surface area contributed by atoms with E-state index in [9.17, 15) is 0 Å². The Balaban J connectivity index is 1.79. The minimum absolute atomic E-state index is 0.0481. The van der Waals surface area contributed by atoms with Gasteiger partial charge in [0.2, 0.25) is 0 Å². The normalized spacial score (nSPS) is 11.9. The number of hydrogen-bond acceptors (Lipinski definition) is 4. The second-order valence-electron chi connectivity index (χ2n) is 4.32. The van der Waals surface area contributed by atoms with E-state index in [1.54, 1.807) is 13.3 Å². The number of hydrogen-bond donors (Lipinski definition) is 2. The first-order valence-corrected chi connectivity index (χ1v) is 6.34. The van der Waals surface area contributed by atoms with Crippen molar-refractivity contribution in [2.45, 2.75) is 12.5 Å². The first kappa shape index (κ1) is 13.4. The van der Waals surface area contributed by atoms with Crippen LogP contribution in [0.25, 0.3) is 0 Å². The standard InChI is InChI=1S/C15H19N3O/c1-19-13-7-8-15(18-11-13)17-10-9-14(16)12-5-3-2-4-6-12/h2-8,11,14H,9-10,16H2,1H3,(H,17,18). The molecule has 4 heteroatoms. The number of aromatic nitrogens is 1. The van der Waals surface area contributed by atoms with E-state index in [0.717, 1.165) is 30.1 Å². The van der Waals surface area contributed by atoms with Crippen molar-refractivity contribution in [3.8, 4) is 5.75 Å². The third kappa shape index (κ3) is 3.96. The lowest BCUT2D eigenvalue weighted by Crippen LogP contribution is -2.15. The summed E-state index contributed by atoms with van der Waals surface area (Å²) in [6.45, 7) is 0.787. The fourth-order valence-electron chi connectivity index (χ4n) is 1.83. The molecule has 0 saturated carbocycles. The molecule has 0 aliphatic heterocycles. The highest BCUT2D eigenvalue weighted by molar-refractivity contribution is 5.37. The van der Waals surface area contributed by atoms with E-state index in [1.165, 1.54) is 0 Å². The van der Waals surface area contributed by atoms with Crippen LogP contribution in [0, 0.1) is 0 Å². The zero-order valence-corrected chi connectivity index (χ0v) is 11.0. The van der Waals surface area contributed by atoms with E-state index < -0.39 is 0 Å². The number of rotatable bonds is 6. The van der Waals surface area contributed by atoms with Gasteiger partial charge in [0.15, 0.2) is 0 Å². The molecule has 0 aliphatic carbocycles. The molecule has 19 heavy (non-hydrogen) atoms. The SMILES string of the molecule is COc1ccc(NCCC(N)c2ccccc2)nc1. The van der Waals surface area contributed by atoms with Crippen LogP contribution in [0.2, 0.25) is 0 Å². The van der Waals surface area contributed by atoms with E-state index in [2.05, 4.69) is 22.4 Å². The second kappa shape index (κ2) is 6.75. The molecule has 0 spiro atoms. The maximum Gasteiger partial charge on any atom is 0.137 e. The van der Waals surface area contributed by atoms with Crippen LogP contribution in [-0.2, 0) is 0 Å². The maximum atomic E-state index is 6.12. The molecule has 4 nitrogen and oxygen atoms in total. The molecule has 0 amide bonds. The number of nitrogens with two attached hydrogens (primary N) is 1. The van der Waals surface area contributed by atoms with Crippen molar-refractivity contribution in [3.05, 3.63) is 54.2 Å². The summed E-state index contributed by atoms with van der Waals surface area (Å²) in [7, 11) is 1.63. The Bertz CT molecular complexity index is 485. The van der Waals surface area contributed by atoms with Gasteiger partial charge in [0, 0.05) is 12.6 Å². The van der Waals surface area contributed by atoms with Crippen LogP contribution in [0.15, 0.2) is 48.7 Å². The lowest BCUT2D eigenvalue weighted by molar-refractivity contribution is 0.413. The van der Waals surface area contributed by atoms with Crippen molar-refractivity contribution in [1.29, 1.82) is 0 Å². The van der Waals surface area contributed by atoms with Gasteiger partial charge in [0.1, 0.15) is 11.6 Å². The van der Waals surface area contributed by atoms with Gasteiger partial charge in [-0.3, -0.25) is 0 Å². The largest absolute Gasteiger partial charge is 0.495 e. The van der Waals surface area contributed by atoms with Gasteiger partial charge in [-0.15, -0.1) is 0 Å². The molecule has 1 aromatic carbocycles. The van der Waals surface area contributed by atoms with Crippen LogP contribution >= 0.6 is 0 Å². The predicted molar refractivity (Wildman–Crippen MR) is 77.3 cm³/mol. The van der Waals surface area contributed by atoms with Crippen LogP contribution in [0.4, 0.5) is 5.82 Å². The summed E-state index contributed by atoms with van der Waals surface area (Å²) in [5.74, 6) is 1.59. The summed E-state index contributed by atoms with van der Waals surface area (Å²) in [5.41, 5.74) is 7.28. The van der Waals surface area contributed by atoms with Crippen LogP contribution in [-0.4, -0.2) is 18.6 Å². The summed E-state index contributed by atoms with van der Waals surface area (Å²) < 4.78 is 5.06. The molecular weight excluding hydrogens is 238 g/mol. The molecule has 0 aliphatic rings. The summed E-state index contributed by atoms with van der Waals surface area (Å²) in [6, 6.07) is 13.9. The van der Waals surface area contributed by atoms with E-state index in [-0.39, 0.29) is 6.04 Å². The van der Waals surface area contributed by atoms with Crippen LogP contribution < -0.4 is 15.8 Å². The monoisotopic (exact) mass is 257 g/mol. The van der Waals surface area contributed by atoms with Gasteiger partial charge in [-0.2, -0.15) is 0 Å². The zero-order valence-electron chi connectivity index (χ0n) is 11.0. The number of benzene rings is 1. The third-order valence-electron chi connectivity index (χ3n) is 2.96. The van der Waals surface area contributed by atoms with Crippen molar-refractivity contribution in [2.24, 2.45) is 5.73 Å². The quantitative estimate of drug-likeness (QED) is 0.835. The first-order chi connectivity index (χ1) is 9.29. The van der Waals surface area contributed by atoms with E-state index >= 15 is 0 Å². The molecule has 0 saturated heterocycles. The maximum absolute atomic E-state index is 6.12. The molecule has 1 atom stereocenters. The summed E-state index contributed by atoms with van der Waals surface area (Å²) >= 11 is 0. The predicted octanol–water partition coefficient (Wildman–Crippen LogP) is 2.59. The number of methoxy groups -OCH3 is 1. The Morgan fingerprint density at radius 2 is 2.00 bits per heavy atom. The number of pyridine rings is 1. The lowest BCUT2D eigenvalue weighted by atomic mass is 10.1. The van der Waals surface area contributed by atoms with Gasteiger partial charge >= 0.3 is 0 Å². The van der Waals surface area contributed by atoms with Crippen molar-refractivity contribution < 1.29 is 4.74 Å². The fourth-order valence-corrected chi connectivity index (χ4v) is 1.83. The lowest BCUT2D eigenvalue weighted by Gasteiger charge is -2.12. The van der Waals surface area contributed by atoms with Crippen LogP contribution in [0.3, 0.4) is 0 Å². The summed E-state index contributed by atoms with van der Waals surface area (Å²) in [4.78, 5) is 4.24. The molecule has 100 valence electrons. The number of nitrogens with zero attached hydrogens (tertiary/aromatic N) is 1. The Kier molecular flexibility index (Phi) is 4.75. The molecule has 2 aromatic rings. The van der Waals surface area contributed by atoms with Crippen molar-refractivity contribution >= 4 is 5.82 Å². The van der Waals surface area contributed by atoms with Crippen molar-refractivity contribution in [1.82, 2.24) is 4.98 Å². The summed E-state index contributed by atoms with van der Waals surface area (Å²) in [6.07, 6.45) is 2.55. The van der Waals surface area contributed by atoms with E-state index in [0.29, 0.717) is 0 Å². The van der Waals surface area contributed by atoms with Crippen LogP contribution in [0.1, 0.15) is 18.0 Å². The smallest absolute Gasteiger partial charge is 0.137 e. The van der Waals surface area contributed by atoms with Crippen molar-refractivity contribution in [2.75, 3.05) is 19.0 Å². The molecule has 1 heterocycles. The van der Waals surface area contributed by atoms with Gasteiger partial charge < -0.3 is 15.8 Å². The highest BCUT2D eigenvalue weighted by Crippen LogP contribution is 2.14. The van der Waals surface area contributed by atoms with E-state index in [1.807, 2.05) is 30.3 Å². The molecule has 1 aromatic heterocycles. The van der Waals surface area contributed by atoms with Gasteiger partial charge in [-0.1, -0.05) is 30.3 Å². The first-order valence-electron chi connectivity index (χ1n) is 6.34. The van der Waals surface area contributed by atoms with E-state index in [4.69, 9.17) is 10.5 Å². The Labute approximate surface area is 113 Å². The number of ether oxygens (including phenoxy) is 1. The molecule has 0 fully saturated rings. The van der Waals surface area contributed by atoms with Gasteiger partial charge in [0.05, 0.1) is 13.3 Å². The third-order valence-corrected chi connectivity index (χ3v) is 2.96. The number of anilines is 1. The molecule has 1 unspecified atom stereocenters. The molecule has 2 rings (SSSR count). The molecule has 0 bridgehead atoms. The van der Waals surface area contributed by atoms with Gasteiger partial charge in [-0.25, -0.2) is 4.98 Å².